The summed E-state index contributed by atoms with van der Waals surface area (Å²) >= 11 is 0. The van der Waals surface area contributed by atoms with Gasteiger partial charge < -0.3 is 5.73 Å². The number of aryl methyl sites for hydroxylation is 2. The van der Waals surface area contributed by atoms with Gasteiger partial charge >= 0.3 is 0 Å². The van der Waals surface area contributed by atoms with E-state index in [4.69, 9.17) is 5.73 Å². The fraction of sp³-hybridized carbons (Fsp3) is 0.227. The first-order valence-corrected chi connectivity index (χ1v) is 8.73. The maximum atomic E-state index is 13.3. The zero-order valence-corrected chi connectivity index (χ0v) is 15.6. The van der Waals surface area contributed by atoms with Gasteiger partial charge in [0.2, 0.25) is 5.91 Å². The van der Waals surface area contributed by atoms with Gasteiger partial charge in [0, 0.05) is 5.92 Å². The Hall–Kier alpha value is -3.39. The van der Waals surface area contributed by atoms with Gasteiger partial charge in [0.1, 0.15) is 17.5 Å². The smallest absolute Gasteiger partial charge is 0.244 e. The number of carbonyl (C=O) groups excluding carboxylic acids is 2. The van der Waals surface area contributed by atoms with Crippen molar-refractivity contribution in [1.29, 1.82) is 5.26 Å². The minimum Gasteiger partial charge on any atom is -0.384 e. The molecule has 0 bridgehead atoms. The van der Waals surface area contributed by atoms with Crippen LogP contribution in [-0.4, -0.2) is 11.7 Å². The van der Waals surface area contributed by atoms with E-state index in [1.165, 1.54) is 11.8 Å². The van der Waals surface area contributed by atoms with Crippen molar-refractivity contribution in [2.24, 2.45) is 11.7 Å². The van der Waals surface area contributed by atoms with Gasteiger partial charge in [0.15, 0.2) is 0 Å². The highest BCUT2D eigenvalue weighted by atomic mass is 16.2. The van der Waals surface area contributed by atoms with Crippen molar-refractivity contribution in [1.82, 2.24) is 0 Å². The average molecular weight is 359 g/mol. The highest BCUT2D eigenvalue weighted by Gasteiger charge is 2.45. The molecule has 1 aliphatic heterocycles. The Balaban J connectivity index is 2.27. The molecule has 0 saturated heterocycles. The van der Waals surface area contributed by atoms with Crippen molar-refractivity contribution in [3.8, 4) is 6.07 Å². The van der Waals surface area contributed by atoms with E-state index in [1.807, 2.05) is 38.1 Å². The third-order valence-corrected chi connectivity index (χ3v) is 4.98. The minimum atomic E-state index is -0.992. The topological polar surface area (TPSA) is 87.2 Å². The van der Waals surface area contributed by atoms with Crippen LogP contribution < -0.4 is 10.6 Å². The molecule has 2 aromatic rings. The Morgan fingerprint density at radius 1 is 1.15 bits per heavy atom. The molecule has 0 aliphatic carbocycles. The molecule has 5 nitrogen and oxygen atoms in total. The number of ketones is 1. The van der Waals surface area contributed by atoms with Crippen LogP contribution >= 0.6 is 0 Å². The second kappa shape index (κ2) is 7.08. The first-order chi connectivity index (χ1) is 12.9. The summed E-state index contributed by atoms with van der Waals surface area (Å²) in [7, 11) is 0. The number of hydrogen-bond acceptors (Lipinski definition) is 4. The molecule has 1 aliphatic rings. The number of nitriles is 1. The number of benzene rings is 2. The third-order valence-electron chi connectivity index (χ3n) is 4.98. The molecule has 0 unspecified atom stereocenters. The number of carbonyl (C=O) groups is 2. The molecule has 136 valence electrons. The molecule has 1 amide bonds. The number of nitrogens with zero attached hydrogens (tertiary/aromatic N) is 2. The van der Waals surface area contributed by atoms with E-state index in [0.29, 0.717) is 5.69 Å². The standard InChI is InChI=1S/C22H21N3O2/c1-13-9-10-17(14(2)11-13)20-18(12-23)21(24)25(16-7-5-4-6-8-16)22(27)19(20)15(3)26/h4-11,19-20H,24H2,1-3H3/t19-,20-/m0/s1. The Labute approximate surface area is 158 Å². The summed E-state index contributed by atoms with van der Waals surface area (Å²) in [6, 6.07) is 16.8. The number of amides is 1. The highest BCUT2D eigenvalue weighted by molar-refractivity contribution is 6.12. The second-order valence-electron chi connectivity index (χ2n) is 6.85. The molecule has 3 rings (SSSR count). The van der Waals surface area contributed by atoms with E-state index < -0.39 is 17.7 Å². The summed E-state index contributed by atoms with van der Waals surface area (Å²) in [5, 5.41) is 9.85. The Bertz CT molecular complexity index is 986. The Kier molecular flexibility index (Phi) is 4.83. The van der Waals surface area contributed by atoms with Crippen molar-refractivity contribution in [3.63, 3.8) is 0 Å². The largest absolute Gasteiger partial charge is 0.384 e. The summed E-state index contributed by atoms with van der Waals surface area (Å²) < 4.78 is 0. The van der Waals surface area contributed by atoms with Crippen molar-refractivity contribution < 1.29 is 9.59 Å². The normalized spacial score (nSPS) is 19.8. The molecule has 2 aromatic carbocycles. The summed E-state index contributed by atoms with van der Waals surface area (Å²) in [6.07, 6.45) is 0. The summed E-state index contributed by atoms with van der Waals surface area (Å²) in [5.41, 5.74) is 9.83. The first-order valence-electron chi connectivity index (χ1n) is 8.73. The lowest BCUT2D eigenvalue weighted by Gasteiger charge is -2.37. The van der Waals surface area contributed by atoms with Crippen LogP contribution in [0.3, 0.4) is 0 Å². The molecule has 2 atom stereocenters. The molecular formula is C22H21N3O2. The van der Waals surface area contributed by atoms with Crippen LogP contribution in [0.2, 0.25) is 0 Å². The summed E-state index contributed by atoms with van der Waals surface area (Å²) in [5.74, 6) is -2.29. The molecule has 0 radical (unpaired) electrons. The molecule has 0 aromatic heterocycles. The number of para-hydroxylation sites is 1. The molecule has 0 spiro atoms. The first kappa shape index (κ1) is 18.4. The van der Waals surface area contributed by atoms with Gasteiger partial charge in [-0.05, 0) is 44.0 Å². The van der Waals surface area contributed by atoms with Crippen LogP contribution in [0.25, 0.3) is 0 Å². The zero-order valence-electron chi connectivity index (χ0n) is 15.6. The van der Waals surface area contributed by atoms with Gasteiger partial charge in [-0.1, -0.05) is 42.0 Å². The SMILES string of the molecule is CC(=O)[C@@H]1C(=O)N(c2ccccc2)C(N)=C(C#N)[C@@H]1c1ccc(C)cc1C. The predicted molar refractivity (Wildman–Crippen MR) is 104 cm³/mol. The molecule has 1 heterocycles. The number of rotatable bonds is 3. The molecule has 0 fully saturated rings. The van der Waals surface area contributed by atoms with Crippen LogP contribution in [0.15, 0.2) is 59.9 Å². The monoisotopic (exact) mass is 359 g/mol. The van der Waals surface area contributed by atoms with Crippen molar-refractivity contribution >= 4 is 17.4 Å². The van der Waals surface area contributed by atoms with E-state index in [-0.39, 0.29) is 17.2 Å². The van der Waals surface area contributed by atoms with Crippen molar-refractivity contribution in [3.05, 3.63) is 76.6 Å². The average Bonchev–Trinajstić information content (AvgIpc) is 2.62. The van der Waals surface area contributed by atoms with E-state index in [0.717, 1.165) is 16.7 Å². The number of hydrogen-bond donors (Lipinski definition) is 1. The molecular weight excluding hydrogens is 338 g/mol. The maximum Gasteiger partial charge on any atom is 0.244 e. The van der Waals surface area contributed by atoms with Crippen LogP contribution in [0.4, 0.5) is 5.69 Å². The van der Waals surface area contributed by atoms with E-state index in [9.17, 15) is 14.9 Å². The maximum absolute atomic E-state index is 13.3. The Morgan fingerprint density at radius 2 is 1.81 bits per heavy atom. The van der Waals surface area contributed by atoms with Gasteiger partial charge in [-0.3, -0.25) is 14.5 Å². The van der Waals surface area contributed by atoms with E-state index in [1.54, 1.807) is 24.3 Å². The van der Waals surface area contributed by atoms with Crippen LogP contribution in [-0.2, 0) is 9.59 Å². The highest BCUT2D eigenvalue weighted by Crippen LogP contribution is 2.42. The van der Waals surface area contributed by atoms with Crippen LogP contribution in [0.1, 0.15) is 29.5 Å². The third kappa shape index (κ3) is 3.11. The molecule has 5 heteroatoms. The number of anilines is 1. The van der Waals surface area contributed by atoms with Crippen LogP contribution in [0, 0.1) is 31.1 Å². The molecule has 2 N–H and O–H groups in total. The predicted octanol–water partition coefficient (Wildman–Crippen LogP) is 3.33. The zero-order chi connectivity index (χ0) is 19.7. The quantitative estimate of drug-likeness (QED) is 0.852. The number of allylic oxidation sites excluding steroid dienone is 1. The minimum absolute atomic E-state index is 0.0798. The molecule has 0 saturated carbocycles. The van der Waals surface area contributed by atoms with Crippen LogP contribution in [0.5, 0.6) is 0 Å². The lowest BCUT2D eigenvalue weighted by atomic mass is 9.74. The van der Waals surface area contributed by atoms with E-state index >= 15 is 0 Å². The van der Waals surface area contributed by atoms with Gasteiger partial charge in [-0.15, -0.1) is 0 Å². The lowest BCUT2D eigenvalue weighted by molar-refractivity contribution is -0.132. The van der Waals surface area contributed by atoms with Crippen molar-refractivity contribution in [2.45, 2.75) is 26.7 Å². The van der Waals surface area contributed by atoms with Gasteiger partial charge in [-0.25, -0.2) is 0 Å². The molecule has 27 heavy (non-hydrogen) atoms. The second-order valence-corrected chi connectivity index (χ2v) is 6.85. The Morgan fingerprint density at radius 3 is 2.37 bits per heavy atom. The van der Waals surface area contributed by atoms with Gasteiger partial charge in [0.25, 0.3) is 0 Å². The lowest BCUT2D eigenvalue weighted by Crippen LogP contribution is -2.48. The summed E-state index contributed by atoms with van der Waals surface area (Å²) in [6.45, 7) is 5.27. The van der Waals surface area contributed by atoms with Gasteiger partial charge in [0.05, 0.1) is 17.3 Å². The summed E-state index contributed by atoms with van der Waals surface area (Å²) in [4.78, 5) is 27.1. The number of nitrogens with two attached hydrogens (primary N) is 1. The van der Waals surface area contributed by atoms with Crippen molar-refractivity contribution in [2.75, 3.05) is 4.90 Å². The van der Waals surface area contributed by atoms with Gasteiger partial charge in [-0.2, -0.15) is 5.26 Å². The number of Topliss-reactive ketones (excluding diaryl/α,β-unsaturated/α-hetero) is 1. The fourth-order valence-corrected chi connectivity index (χ4v) is 3.74. The van der Waals surface area contributed by atoms with E-state index in [2.05, 4.69) is 6.07 Å². The fourth-order valence-electron chi connectivity index (χ4n) is 3.74.